The smallest absolute Gasteiger partial charge is 0.143 e. The fraction of sp³-hybridized carbons (Fsp3) is 0.600. The van der Waals surface area contributed by atoms with E-state index in [0.717, 1.165) is 18.2 Å². The summed E-state index contributed by atoms with van der Waals surface area (Å²) in [6, 6.07) is 4.65. The maximum atomic E-state index is 7.72. The molecule has 1 aromatic heterocycles. The van der Waals surface area contributed by atoms with Gasteiger partial charge >= 0.3 is 0 Å². The molecule has 1 aromatic rings. The van der Waals surface area contributed by atoms with Crippen LogP contribution in [-0.4, -0.2) is 23.4 Å². The summed E-state index contributed by atoms with van der Waals surface area (Å²) in [5.74, 6) is 0.899. The zero-order valence-electron chi connectivity index (χ0n) is 11.3. The van der Waals surface area contributed by atoms with Crippen molar-refractivity contribution < 1.29 is 0 Å². The van der Waals surface area contributed by atoms with E-state index in [9.17, 15) is 0 Å². The Morgan fingerprint density at radius 2 is 2.05 bits per heavy atom. The number of pyridine rings is 1. The van der Waals surface area contributed by atoms with Gasteiger partial charge in [-0.15, -0.1) is 0 Å². The Balaban J connectivity index is 1.94. The molecule has 4 nitrogen and oxygen atoms in total. The minimum absolute atomic E-state index is 0.0773. The summed E-state index contributed by atoms with van der Waals surface area (Å²) < 4.78 is 0. The molecule has 1 aliphatic carbocycles. The maximum Gasteiger partial charge on any atom is 0.143 e. The Morgan fingerprint density at radius 1 is 1.26 bits per heavy atom. The van der Waals surface area contributed by atoms with E-state index >= 15 is 0 Å². The van der Waals surface area contributed by atoms with Crippen LogP contribution in [0.1, 0.15) is 44.2 Å². The molecule has 2 heterocycles. The van der Waals surface area contributed by atoms with E-state index in [0.29, 0.717) is 11.7 Å². The highest BCUT2D eigenvalue weighted by atomic mass is 15.2. The molecule has 0 amide bonds. The lowest BCUT2D eigenvalue weighted by Crippen LogP contribution is -2.47. The quantitative estimate of drug-likeness (QED) is 0.633. The third kappa shape index (κ3) is 2.31. The zero-order chi connectivity index (χ0) is 13.2. The van der Waals surface area contributed by atoms with Crippen LogP contribution in [0.3, 0.4) is 0 Å². The van der Waals surface area contributed by atoms with Gasteiger partial charge in [0, 0.05) is 18.8 Å². The molecule has 4 heteroatoms. The van der Waals surface area contributed by atoms with Crippen LogP contribution in [0.4, 0.5) is 5.69 Å². The van der Waals surface area contributed by atoms with Crippen molar-refractivity contribution in [3.8, 4) is 0 Å². The van der Waals surface area contributed by atoms with Crippen LogP contribution >= 0.6 is 0 Å². The first-order valence-corrected chi connectivity index (χ1v) is 7.33. The highest BCUT2D eigenvalue weighted by Crippen LogP contribution is 2.38. The van der Waals surface area contributed by atoms with Crippen molar-refractivity contribution in [3.63, 3.8) is 0 Å². The second-order valence-corrected chi connectivity index (χ2v) is 5.73. The van der Waals surface area contributed by atoms with Gasteiger partial charge in [-0.3, -0.25) is 10.4 Å². The number of nitrogens with two attached hydrogens (primary N) is 1. The van der Waals surface area contributed by atoms with E-state index in [1.54, 1.807) is 6.20 Å². The van der Waals surface area contributed by atoms with Gasteiger partial charge in [0.15, 0.2) is 0 Å². The lowest BCUT2D eigenvalue weighted by molar-refractivity contribution is 0.243. The number of nitrogen functional groups attached to an aromatic ring is 1. The lowest BCUT2D eigenvalue weighted by Gasteiger charge is -2.45. The Kier molecular flexibility index (Phi) is 3.40. The van der Waals surface area contributed by atoms with Crippen molar-refractivity contribution in [2.24, 2.45) is 11.7 Å². The van der Waals surface area contributed by atoms with E-state index in [1.165, 1.54) is 38.5 Å². The number of nitrogens with zero attached hydrogens (tertiary/aromatic N) is 2. The Hall–Kier alpha value is -1.58. The second kappa shape index (κ2) is 5.19. The van der Waals surface area contributed by atoms with Crippen molar-refractivity contribution >= 4 is 11.5 Å². The highest BCUT2D eigenvalue weighted by Gasteiger charge is 2.34. The minimum Gasteiger partial charge on any atom is -0.382 e. The van der Waals surface area contributed by atoms with Crippen LogP contribution in [0.5, 0.6) is 0 Å². The van der Waals surface area contributed by atoms with E-state index < -0.39 is 0 Å². The number of hydrogen-bond acceptors (Lipinski definition) is 3. The van der Waals surface area contributed by atoms with Crippen molar-refractivity contribution in [1.82, 2.24) is 4.98 Å². The van der Waals surface area contributed by atoms with Crippen LogP contribution < -0.4 is 10.6 Å². The van der Waals surface area contributed by atoms with Gasteiger partial charge in [0.25, 0.3) is 0 Å². The van der Waals surface area contributed by atoms with Gasteiger partial charge in [0.2, 0.25) is 0 Å². The molecule has 3 rings (SSSR count). The number of piperidine rings is 1. The molecule has 0 bridgehead atoms. The molecule has 2 fully saturated rings. The SMILES string of the molecule is N=C(N)c1ncccc1N1CCCC2CCCCC21. The number of fused-ring (bicyclic) bond motifs is 1. The number of aromatic nitrogens is 1. The largest absolute Gasteiger partial charge is 0.382 e. The van der Waals surface area contributed by atoms with E-state index in [4.69, 9.17) is 11.1 Å². The Morgan fingerprint density at radius 3 is 2.89 bits per heavy atom. The molecular weight excluding hydrogens is 236 g/mol. The van der Waals surface area contributed by atoms with Gasteiger partial charge in [0.1, 0.15) is 11.5 Å². The molecule has 2 unspecified atom stereocenters. The summed E-state index contributed by atoms with van der Waals surface area (Å²) in [7, 11) is 0. The molecule has 1 saturated carbocycles. The molecular formula is C15H22N4. The normalized spacial score (nSPS) is 26.8. The monoisotopic (exact) mass is 258 g/mol. The number of rotatable bonds is 2. The molecule has 1 aliphatic heterocycles. The molecule has 0 aromatic carbocycles. The molecule has 1 saturated heterocycles. The number of hydrogen-bond donors (Lipinski definition) is 2. The lowest BCUT2D eigenvalue weighted by atomic mass is 9.78. The van der Waals surface area contributed by atoms with Crippen LogP contribution in [0, 0.1) is 11.3 Å². The summed E-state index contributed by atoms with van der Waals surface area (Å²) in [5, 5.41) is 7.72. The first-order chi connectivity index (χ1) is 9.27. The number of anilines is 1. The topological polar surface area (TPSA) is 66.0 Å². The van der Waals surface area contributed by atoms with Gasteiger partial charge in [0.05, 0.1) is 5.69 Å². The summed E-state index contributed by atoms with van der Waals surface area (Å²) in [6.07, 6.45) is 9.66. The molecule has 0 spiro atoms. The minimum atomic E-state index is 0.0773. The zero-order valence-corrected chi connectivity index (χ0v) is 11.3. The van der Waals surface area contributed by atoms with Gasteiger partial charge in [-0.1, -0.05) is 12.8 Å². The van der Waals surface area contributed by atoms with Crippen LogP contribution in [0.15, 0.2) is 18.3 Å². The van der Waals surface area contributed by atoms with Gasteiger partial charge < -0.3 is 10.6 Å². The number of amidine groups is 1. The predicted octanol–water partition coefficient (Wildman–Crippen LogP) is 2.52. The average Bonchev–Trinajstić information content (AvgIpc) is 2.46. The first kappa shape index (κ1) is 12.5. The fourth-order valence-corrected chi connectivity index (χ4v) is 3.76. The molecule has 2 aliphatic rings. The fourth-order valence-electron chi connectivity index (χ4n) is 3.76. The van der Waals surface area contributed by atoms with Crippen LogP contribution in [0.2, 0.25) is 0 Å². The predicted molar refractivity (Wildman–Crippen MR) is 77.6 cm³/mol. The standard InChI is InChI=1S/C15H22N4/c16-15(17)14-13(8-3-9-18-14)19-10-4-6-11-5-1-2-7-12(11)19/h3,8-9,11-12H,1-2,4-7,10H2,(H3,16,17). The molecule has 2 atom stereocenters. The van der Waals surface area contributed by atoms with E-state index in [2.05, 4.69) is 16.0 Å². The molecule has 0 radical (unpaired) electrons. The van der Waals surface area contributed by atoms with Crippen molar-refractivity contribution in [1.29, 1.82) is 5.41 Å². The maximum absolute atomic E-state index is 7.72. The molecule has 102 valence electrons. The average molecular weight is 258 g/mol. The van der Waals surface area contributed by atoms with Gasteiger partial charge in [-0.2, -0.15) is 0 Å². The van der Waals surface area contributed by atoms with E-state index in [-0.39, 0.29) is 5.84 Å². The van der Waals surface area contributed by atoms with Crippen molar-refractivity contribution in [2.75, 3.05) is 11.4 Å². The van der Waals surface area contributed by atoms with Crippen molar-refractivity contribution in [3.05, 3.63) is 24.0 Å². The van der Waals surface area contributed by atoms with Crippen molar-refractivity contribution in [2.45, 2.75) is 44.6 Å². The van der Waals surface area contributed by atoms with Gasteiger partial charge in [-0.25, -0.2) is 0 Å². The first-order valence-electron chi connectivity index (χ1n) is 7.33. The summed E-state index contributed by atoms with van der Waals surface area (Å²) in [4.78, 5) is 6.77. The third-order valence-electron chi connectivity index (χ3n) is 4.59. The van der Waals surface area contributed by atoms with Crippen LogP contribution in [0.25, 0.3) is 0 Å². The summed E-state index contributed by atoms with van der Waals surface area (Å²) >= 11 is 0. The van der Waals surface area contributed by atoms with Crippen LogP contribution in [-0.2, 0) is 0 Å². The summed E-state index contributed by atoms with van der Waals surface area (Å²) in [6.45, 7) is 1.08. The van der Waals surface area contributed by atoms with Gasteiger partial charge in [-0.05, 0) is 43.7 Å². The molecule has 3 N–H and O–H groups in total. The number of nitrogens with one attached hydrogen (secondary N) is 1. The second-order valence-electron chi connectivity index (χ2n) is 5.73. The Bertz CT molecular complexity index is 469. The highest BCUT2D eigenvalue weighted by molar-refractivity contribution is 5.98. The molecule has 19 heavy (non-hydrogen) atoms. The van der Waals surface area contributed by atoms with E-state index in [1.807, 2.05) is 6.07 Å². The Labute approximate surface area is 114 Å². The summed E-state index contributed by atoms with van der Waals surface area (Å²) in [5.41, 5.74) is 7.39. The third-order valence-corrected chi connectivity index (χ3v) is 4.59.